The topological polar surface area (TPSA) is 59.1 Å². The standard InChI is InChI=1S/C12H22N4OS/c1-5-9(8-17-3)14-11-7-10(13-6-2)15-12(16-11)18-4/h7,9H,5-6,8H2,1-4H3,(H2,13,14,15,16). The van der Waals surface area contributed by atoms with E-state index in [0.717, 1.165) is 29.8 Å². The summed E-state index contributed by atoms with van der Waals surface area (Å²) in [5.74, 6) is 1.70. The lowest BCUT2D eigenvalue weighted by molar-refractivity contribution is 0.184. The molecule has 2 N–H and O–H groups in total. The Hall–Kier alpha value is -1.01. The molecule has 0 aromatic carbocycles. The molecule has 1 atom stereocenters. The second-order valence-corrected chi connectivity index (χ2v) is 4.63. The van der Waals surface area contributed by atoms with Gasteiger partial charge in [-0.05, 0) is 19.6 Å². The van der Waals surface area contributed by atoms with Gasteiger partial charge in [0, 0.05) is 19.7 Å². The van der Waals surface area contributed by atoms with Crippen LogP contribution in [0.5, 0.6) is 0 Å². The van der Waals surface area contributed by atoms with Gasteiger partial charge in [-0.25, -0.2) is 9.97 Å². The quantitative estimate of drug-likeness (QED) is 0.559. The van der Waals surface area contributed by atoms with Crippen molar-refractivity contribution in [1.29, 1.82) is 0 Å². The van der Waals surface area contributed by atoms with Gasteiger partial charge in [-0.15, -0.1) is 0 Å². The van der Waals surface area contributed by atoms with Crippen molar-refractivity contribution < 1.29 is 4.74 Å². The Labute approximate surface area is 113 Å². The van der Waals surface area contributed by atoms with Gasteiger partial charge in [-0.1, -0.05) is 18.7 Å². The Bertz CT molecular complexity index is 362. The van der Waals surface area contributed by atoms with Crippen molar-refractivity contribution in [2.75, 3.05) is 37.2 Å². The van der Waals surface area contributed by atoms with Gasteiger partial charge in [-0.3, -0.25) is 0 Å². The van der Waals surface area contributed by atoms with E-state index in [1.807, 2.05) is 19.2 Å². The van der Waals surface area contributed by atoms with Crippen LogP contribution in [0.4, 0.5) is 11.6 Å². The van der Waals surface area contributed by atoms with E-state index in [2.05, 4.69) is 27.5 Å². The zero-order valence-electron chi connectivity index (χ0n) is 11.5. The first-order valence-electron chi connectivity index (χ1n) is 6.15. The number of rotatable bonds is 8. The third-order valence-corrected chi connectivity index (χ3v) is 3.01. The highest BCUT2D eigenvalue weighted by atomic mass is 32.2. The summed E-state index contributed by atoms with van der Waals surface area (Å²) in [6.45, 7) is 5.69. The first-order valence-corrected chi connectivity index (χ1v) is 7.38. The van der Waals surface area contributed by atoms with Crippen molar-refractivity contribution in [2.24, 2.45) is 0 Å². The van der Waals surface area contributed by atoms with E-state index in [-0.39, 0.29) is 6.04 Å². The second-order valence-electron chi connectivity index (χ2n) is 3.86. The third kappa shape index (κ3) is 4.70. The second kappa shape index (κ2) is 8.16. The Balaban J connectivity index is 2.82. The Morgan fingerprint density at radius 1 is 1.33 bits per heavy atom. The van der Waals surface area contributed by atoms with Gasteiger partial charge in [0.15, 0.2) is 5.16 Å². The van der Waals surface area contributed by atoms with Crippen molar-refractivity contribution in [3.05, 3.63) is 6.07 Å². The molecule has 1 aromatic rings. The molecular formula is C12H22N4OS. The van der Waals surface area contributed by atoms with Crippen molar-refractivity contribution >= 4 is 23.4 Å². The lowest BCUT2D eigenvalue weighted by Gasteiger charge is -2.17. The fraction of sp³-hybridized carbons (Fsp3) is 0.667. The van der Waals surface area contributed by atoms with Crippen LogP contribution in [0.15, 0.2) is 11.2 Å². The van der Waals surface area contributed by atoms with Crippen LogP contribution in [0.3, 0.4) is 0 Å². The van der Waals surface area contributed by atoms with Crippen LogP contribution in [0.1, 0.15) is 20.3 Å². The maximum atomic E-state index is 5.17. The normalized spacial score (nSPS) is 12.2. The van der Waals surface area contributed by atoms with Crippen LogP contribution in [0, 0.1) is 0 Å². The summed E-state index contributed by atoms with van der Waals surface area (Å²) in [7, 11) is 1.71. The maximum Gasteiger partial charge on any atom is 0.191 e. The van der Waals surface area contributed by atoms with Gasteiger partial charge >= 0.3 is 0 Å². The lowest BCUT2D eigenvalue weighted by atomic mass is 10.2. The molecule has 0 fully saturated rings. The molecule has 0 saturated carbocycles. The van der Waals surface area contributed by atoms with Gasteiger partial charge in [0.05, 0.1) is 12.6 Å². The lowest BCUT2D eigenvalue weighted by Crippen LogP contribution is -2.24. The minimum Gasteiger partial charge on any atom is -0.383 e. The zero-order chi connectivity index (χ0) is 13.4. The molecular weight excluding hydrogens is 248 g/mol. The largest absolute Gasteiger partial charge is 0.383 e. The van der Waals surface area contributed by atoms with E-state index in [1.54, 1.807) is 7.11 Å². The smallest absolute Gasteiger partial charge is 0.191 e. The van der Waals surface area contributed by atoms with E-state index < -0.39 is 0 Å². The third-order valence-electron chi connectivity index (χ3n) is 2.46. The number of hydrogen-bond donors (Lipinski definition) is 2. The van der Waals surface area contributed by atoms with Crippen molar-refractivity contribution in [3.63, 3.8) is 0 Å². The van der Waals surface area contributed by atoms with E-state index >= 15 is 0 Å². The molecule has 1 aromatic heterocycles. The molecule has 0 bridgehead atoms. The average Bonchev–Trinajstić information content (AvgIpc) is 2.38. The minimum atomic E-state index is 0.272. The van der Waals surface area contributed by atoms with Gasteiger partial charge in [0.1, 0.15) is 11.6 Å². The minimum absolute atomic E-state index is 0.272. The van der Waals surface area contributed by atoms with Crippen LogP contribution < -0.4 is 10.6 Å². The van der Waals surface area contributed by atoms with Crippen LogP contribution in [-0.2, 0) is 4.74 Å². The fourth-order valence-electron chi connectivity index (χ4n) is 1.53. The first-order chi connectivity index (χ1) is 8.73. The Kier molecular flexibility index (Phi) is 6.82. The molecule has 0 radical (unpaired) electrons. The fourth-order valence-corrected chi connectivity index (χ4v) is 1.91. The molecule has 0 aliphatic rings. The van der Waals surface area contributed by atoms with E-state index in [9.17, 15) is 0 Å². The number of aromatic nitrogens is 2. The summed E-state index contributed by atoms with van der Waals surface area (Å²) in [4.78, 5) is 8.84. The number of nitrogens with zero attached hydrogens (tertiary/aromatic N) is 2. The highest BCUT2D eigenvalue weighted by Gasteiger charge is 2.09. The predicted molar refractivity (Wildman–Crippen MR) is 77.6 cm³/mol. The zero-order valence-corrected chi connectivity index (χ0v) is 12.3. The maximum absolute atomic E-state index is 5.17. The number of methoxy groups -OCH3 is 1. The molecule has 1 heterocycles. The van der Waals surface area contributed by atoms with Crippen LogP contribution in [0.25, 0.3) is 0 Å². The summed E-state index contributed by atoms with van der Waals surface area (Å²) in [6.07, 6.45) is 2.96. The van der Waals surface area contributed by atoms with E-state index in [4.69, 9.17) is 4.74 Å². The molecule has 0 amide bonds. The van der Waals surface area contributed by atoms with E-state index in [1.165, 1.54) is 11.8 Å². The first kappa shape index (κ1) is 15.0. The van der Waals surface area contributed by atoms with Crippen molar-refractivity contribution in [1.82, 2.24) is 9.97 Å². The van der Waals surface area contributed by atoms with Crippen LogP contribution in [0.2, 0.25) is 0 Å². The van der Waals surface area contributed by atoms with Crippen molar-refractivity contribution in [3.8, 4) is 0 Å². The summed E-state index contributed by atoms with van der Waals surface area (Å²) in [6, 6.07) is 2.20. The Morgan fingerprint density at radius 3 is 2.61 bits per heavy atom. The summed E-state index contributed by atoms with van der Waals surface area (Å²) in [5, 5.41) is 7.35. The highest BCUT2D eigenvalue weighted by molar-refractivity contribution is 7.98. The van der Waals surface area contributed by atoms with Gasteiger partial charge in [-0.2, -0.15) is 0 Å². The molecule has 1 rings (SSSR count). The summed E-state index contributed by atoms with van der Waals surface area (Å²) in [5.41, 5.74) is 0. The van der Waals surface area contributed by atoms with Gasteiger partial charge in [0.2, 0.25) is 0 Å². The number of thioether (sulfide) groups is 1. The molecule has 0 spiro atoms. The monoisotopic (exact) mass is 270 g/mol. The van der Waals surface area contributed by atoms with Crippen LogP contribution >= 0.6 is 11.8 Å². The summed E-state index contributed by atoms with van der Waals surface area (Å²) < 4.78 is 5.17. The van der Waals surface area contributed by atoms with Gasteiger partial charge < -0.3 is 15.4 Å². The molecule has 0 aliphatic heterocycles. The van der Waals surface area contributed by atoms with Crippen LogP contribution in [-0.4, -0.2) is 42.5 Å². The highest BCUT2D eigenvalue weighted by Crippen LogP contribution is 2.18. The number of ether oxygens (including phenoxy) is 1. The number of anilines is 2. The number of hydrogen-bond acceptors (Lipinski definition) is 6. The average molecular weight is 270 g/mol. The molecule has 5 nitrogen and oxygen atoms in total. The SMILES string of the molecule is CCNc1cc(NC(CC)COC)nc(SC)n1. The molecule has 6 heteroatoms. The summed E-state index contributed by atoms with van der Waals surface area (Å²) >= 11 is 1.54. The van der Waals surface area contributed by atoms with Crippen molar-refractivity contribution in [2.45, 2.75) is 31.5 Å². The Morgan fingerprint density at radius 2 is 2.06 bits per heavy atom. The molecule has 1 unspecified atom stereocenters. The molecule has 0 aliphatic carbocycles. The van der Waals surface area contributed by atoms with E-state index in [0.29, 0.717) is 6.61 Å². The molecule has 102 valence electrons. The molecule has 0 saturated heterocycles. The predicted octanol–water partition coefficient (Wildman–Crippen LogP) is 2.47. The van der Waals surface area contributed by atoms with Gasteiger partial charge in [0.25, 0.3) is 0 Å². The number of nitrogens with one attached hydrogen (secondary N) is 2. The molecule has 18 heavy (non-hydrogen) atoms.